The Morgan fingerprint density at radius 2 is 1.96 bits per heavy atom. The van der Waals surface area contributed by atoms with Crippen LogP contribution in [0, 0.1) is 28.6 Å². The van der Waals surface area contributed by atoms with E-state index in [1.165, 1.54) is 6.92 Å². The number of esters is 1. The van der Waals surface area contributed by atoms with Crippen LogP contribution >= 0.6 is 0 Å². The molecular weight excluding hydrogens is 344 g/mol. The molecule has 3 fully saturated rings. The summed E-state index contributed by atoms with van der Waals surface area (Å²) in [5, 5.41) is 10.3. The summed E-state index contributed by atoms with van der Waals surface area (Å²) in [6.07, 6.45) is 6.56. The Hall–Kier alpha value is -1.49. The Kier molecular flexibility index (Phi) is 4.37. The topological polar surface area (TPSA) is 80.7 Å². The van der Waals surface area contributed by atoms with Gasteiger partial charge in [-0.2, -0.15) is 0 Å². The fourth-order valence-electron chi connectivity index (χ4n) is 6.83. The second kappa shape index (κ2) is 6.26. The number of ketones is 2. The molecule has 1 N–H and O–H groups in total. The summed E-state index contributed by atoms with van der Waals surface area (Å²) in [7, 11) is 0. The lowest BCUT2D eigenvalue weighted by Crippen LogP contribution is -2.56. The fourth-order valence-corrected chi connectivity index (χ4v) is 6.83. The molecule has 4 aliphatic rings. The first-order valence-electron chi connectivity index (χ1n) is 10.3. The molecule has 3 saturated carbocycles. The van der Waals surface area contributed by atoms with E-state index in [0.717, 1.165) is 31.3 Å². The zero-order valence-corrected chi connectivity index (χ0v) is 16.5. The third-order valence-electron chi connectivity index (χ3n) is 8.39. The van der Waals surface area contributed by atoms with Gasteiger partial charge in [-0.1, -0.05) is 25.5 Å². The molecule has 4 rings (SSSR count). The van der Waals surface area contributed by atoms with Crippen LogP contribution in [0.3, 0.4) is 0 Å². The smallest absolute Gasteiger partial charge is 0.374 e. The first-order chi connectivity index (χ1) is 12.7. The lowest BCUT2D eigenvalue weighted by atomic mass is 9.47. The molecule has 5 heteroatoms. The standard InChI is InChI=1S/C22H30O5/c1-12(23)20(26)27-19-11-14(24)10-13-4-5-15-16-6-7-18(25)21(16,2)9-8-17(15)22(13,19)3/h4,14-17,19,24H,5-11H2,1-3H3/t14-,15+,16+,17+,19?,21+,22+/m1/s1. The SMILES string of the molecule is CC(=O)C(=O)OC1C[C@H](O)CC2=CC[C@H]3[C@@H]4CCC(=O)[C@@]4(C)CC[C@@H]3[C@]21C. The molecule has 0 bridgehead atoms. The van der Waals surface area contributed by atoms with Gasteiger partial charge in [0.05, 0.1) is 6.10 Å². The summed E-state index contributed by atoms with van der Waals surface area (Å²) in [4.78, 5) is 36.1. The molecule has 0 saturated heterocycles. The van der Waals surface area contributed by atoms with Gasteiger partial charge in [0, 0.05) is 30.6 Å². The number of allylic oxidation sites excluding steroid dienone is 1. The minimum absolute atomic E-state index is 0.206. The van der Waals surface area contributed by atoms with Gasteiger partial charge in [-0.25, -0.2) is 4.79 Å². The zero-order valence-electron chi connectivity index (χ0n) is 16.5. The maximum atomic E-state index is 12.5. The minimum atomic E-state index is -0.812. The minimum Gasteiger partial charge on any atom is -0.456 e. The Morgan fingerprint density at radius 3 is 2.67 bits per heavy atom. The van der Waals surface area contributed by atoms with Crippen molar-refractivity contribution in [2.75, 3.05) is 0 Å². The number of fused-ring (bicyclic) bond motifs is 5. The van der Waals surface area contributed by atoms with E-state index in [2.05, 4.69) is 19.9 Å². The van der Waals surface area contributed by atoms with Crippen LogP contribution in [0.4, 0.5) is 0 Å². The molecular formula is C22H30O5. The van der Waals surface area contributed by atoms with Crippen LogP contribution < -0.4 is 0 Å². The molecule has 0 heterocycles. The molecule has 0 radical (unpaired) electrons. The molecule has 4 aliphatic carbocycles. The molecule has 0 aromatic rings. The predicted molar refractivity (Wildman–Crippen MR) is 98.7 cm³/mol. The van der Waals surface area contributed by atoms with E-state index in [1.807, 2.05) is 0 Å². The van der Waals surface area contributed by atoms with Crippen LogP contribution in [0.1, 0.15) is 65.7 Å². The van der Waals surface area contributed by atoms with Gasteiger partial charge in [-0.15, -0.1) is 0 Å². The van der Waals surface area contributed by atoms with E-state index in [0.29, 0.717) is 42.8 Å². The van der Waals surface area contributed by atoms with Gasteiger partial charge in [0.15, 0.2) is 0 Å². The zero-order chi connectivity index (χ0) is 19.6. The van der Waals surface area contributed by atoms with Crippen molar-refractivity contribution in [3.05, 3.63) is 11.6 Å². The van der Waals surface area contributed by atoms with E-state index in [1.54, 1.807) is 0 Å². The summed E-state index contributed by atoms with van der Waals surface area (Å²) in [5.41, 5.74) is 0.597. The van der Waals surface area contributed by atoms with Crippen molar-refractivity contribution in [2.45, 2.75) is 77.9 Å². The van der Waals surface area contributed by atoms with Gasteiger partial charge in [-0.05, 0) is 49.9 Å². The number of aliphatic hydroxyl groups is 1. The summed E-state index contributed by atoms with van der Waals surface area (Å²) >= 11 is 0. The number of carbonyl (C=O) groups is 3. The lowest BCUT2D eigenvalue weighted by Gasteiger charge is -2.58. The highest BCUT2D eigenvalue weighted by Gasteiger charge is 2.61. The molecule has 0 aliphatic heterocycles. The Morgan fingerprint density at radius 1 is 1.22 bits per heavy atom. The van der Waals surface area contributed by atoms with Crippen LogP contribution in [-0.4, -0.2) is 34.9 Å². The number of hydrogen-bond donors (Lipinski definition) is 1. The predicted octanol–water partition coefficient (Wildman–Crippen LogP) is 2.99. The van der Waals surface area contributed by atoms with Crippen LogP contribution in [-0.2, 0) is 19.1 Å². The van der Waals surface area contributed by atoms with Crippen LogP contribution in [0.2, 0.25) is 0 Å². The first kappa shape index (κ1) is 18.9. The van der Waals surface area contributed by atoms with Crippen molar-refractivity contribution in [2.24, 2.45) is 28.6 Å². The summed E-state index contributed by atoms with van der Waals surface area (Å²) in [6.45, 7) is 5.52. The van der Waals surface area contributed by atoms with E-state index in [9.17, 15) is 19.5 Å². The highest BCUT2D eigenvalue weighted by Crippen LogP contribution is 2.64. The molecule has 0 aromatic carbocycles. The Labute approximate surface area is 160 Å². The molecule has 5 nitrogen and oxygen atoms in total. The van der Waals surface area contributed by atoms with Gasteiger partial charge in [0.2, 0.25) is 5.78 Å². The first-order valence-corrected chi connectivity index (χ1v) is 10.3. The fraction of sp³-hybridized carbons (Fsp3) is 0.773. The van der Waals surface area contributed by atoms with Crippen molar-refractivity contribution in [1.82, 2.24) is 0 Å². The number of ether oxygens (including phenoxy) is 1. The average Bonchev–Trinajstić information content (AvgIpc) is 2.91. The Balaban J connectivity index is 1.70. The number of aliphatic hydroxyl groups excluding tert-OH is 1. The van der Waals surface area contributed by atoms with Crippen molar-refractivity contribution in [3.63, 3.8) is 0 Å². The highest BCUT2D eigenvalue weighted by atomic mass is 16.5. The number of Topliss-reactive ketones (excluding diaryl/α,β-unsaturated/α-hetero) is 2. The van der Waals surface area contributed by atoms with Crippen LogP contribution in [0.15, 0.2) is 11.6 Å². The van der Waals surface area contributed by atoms with Gasteiger partial charge < -0.3 is 9.84 Å². The molecule has 0 aromatic heterocycles. The molecule has 27 heavy (non-hydrogen) atoms. The second-order valence-corrected chi connectivity index (χ2v) is 9.59. The summed E-state index contributed by atoms with van der Waals surface area (Å²) in [6, 6.07) is 0. The van der Waals surface area contributed by atoms with Crippen LogP contribution in [0.5, 0.6) is 0 Å². The largest absolute Gasteiger partial charge is 0.456 e. The third-order valence-corrected chi connectivity index (χ3v) is 8.39. The lowest BCUT2D eigenvalue weighted by molar-refractivity contribution is -0.172. The maximum absolute atomic E-state index is 12.5. The van der Waals surface area contributed by atoms with Crippen molar-refractivity contribution < 1.29 is 24.2 Å². The van der Waals surface area contributed by atoms with Crippen molar-refractivity contribution in [3.8, 4) is 0 Å². The van der Waals surface area contributed by atoms with Crippen molar-refractivity contribution >= 4 is 17.5 Å². The van der Waals surface area contributed by atoms with E-state index in [-0.39, 0.29) is 10.8 Å². The maximum Gasteiger partial charge on any atom is 0.374 e. The van der Waals surface area contributed by atoms with Crippen LogP contribution in [0.25, 0.3) is 0 Å². The third kappa shape index (κ3) is 2.65. The summed E-state index contributed by atoms with van der Waals surface area (Å²) in [5.74, 6) is 0.0954. The monoisotopic (exact) mass is 374 g/mol. The molecule has 148 valence electrons. The molecule has 7 atom stereocenters. The van der Waals surface area contributed by atoms with Gasteiger partial charge in [0.1, 0.15) is 11.9 Å². The second-order valence-electron chi connectivity index (χ2n) is 9.59. The van der Waals surface area contributed by atoms with Crippen molar-refractivity contribution in [1.29, 1.82) is 0 Å². The molecule has 0 spiro atoms. The number of rotatable bonds is 2. The van der Waals surface area contributed by atoms with E-state index in [4.69, 9.17) is 4.74 Å². The number of carbonyl (C=O) groups excluding carboxylic acids is 3. The Bertz CT molecular complexity index is 724. The average molecular weight is 374 g/mol. The quantitative estimate of drug-likeness (QED) is 0.457. The van der Waals surface area contributed by atoms with E-state index >= 15 is 0 Å². The number of hydrogen-bond acceptors (Lipinski definition) is 5. The van der Waals surface area contributed by atoms with Gasteiger partial charge >= 0.3 is 5.97 Å². The summed E-state index contributed by atoms with van der Waals surface area (Å²) < 4.78 is 5.65. The van der Waals surface area contributed by atoms with E-state index < -0.39 is 24.0 Å². The molecule has 0 amide bonds. The van der Waals surface area contributed by atoms with Gasteiger partial charge in [0.25, 0.3) is 0 Å². The highest BCUT2D eigenvalue weighted by molar-refractivity contribution is 6.32. The van der Waals surface area contributed by atoms with Gasteiger partial charge in [-0.3, -0.25) is 9.59 Å². The molecule has 1 unspecified atom stereocenters. The normalized spacial score (nSPS) is 46.0.